The number of esters is 1. The zero-order chi connectivity index (χ0) is 16.8. The highest BCUT2D eigenvalue weighted by molar-refractivity contribution is 9.09. The van der Waals surface area contributed by atoms with E-state index in [2.05, 4.69) is 36.4 Å². The maximum absolute atomic E-state index is 13.1. The molecule has 0 spiro atoms. The molecule has 2 nitrogen and oxygen atoms in total. The summed E-state index contributed by atoms with van der Waals surface area (Å²) in [7, 11) is 0. The van der Waals surface area contributed by atoms with Crippen LogP contribution in [0.25, 0.3) is 0 Å². The third-order valence-electron chi connectivity index (χ3n) is 6.15. The van der Waals surface area contributed by atoms with Crippen LogP contribution < -0.4 is 0 Å². The average Bonchev–Trinajstić information content (AvgIpc) is 2.73. The first kappa shape index (κ1) is 18.0. The first-order chi connectivity index (χ1) is 10.0. The molecule has 2 rings (SSSR count). The van der Waals surface area contributed by atoms with Crippen molar-refractivity contribution in [3.8, 4) is 0 Å². The van der Waals surface area contributed by atoms with Gasteiger partial charge >= 0.3 is 5.97 Å². The molecule has 0 aliphatic heterocycles. The Morgan fingerprint density at radius 1 is 1.36 bits per heavy atom. The van der Waals surface area contributed by atoms with Crippen molar-refractivity contribution in [1.29, 1.82) is 0 Å². The van der Waals surface area contributed by atoms with Gasteiger partial charge in [-0.1, -0.05) is 49.2 Å². The molecule has 0 N–H and O–H groups in total. The zero-order valence-corrected chi connectivity index (χ0v) is 16.4. The minimum Gasteiger partial charge on any atom is -0.459 e. The molecule has 0 aromatic rings. The van der Waals surface area contributed by atoms with E-state index in [1.165, 1.54) is 19.3 Å². The summed E-state index contributed by atoms with van der Waals surface area (Å²) in [6.45, 7) is 14.8. The van der Waals surface area contributed by atoms with Gasteiger partial charge in [0.1, 0.15) is 5.60 Å². The molecule has 2 fully saturated rings. The lowest BCUT2D eigenvalue weighted by Gasteiger charge is -2.42. The number of alkyl halides is 1. The van der Waals surface area contributed by atoms with E-state index >= 15 is 0 Å². The maximum Gasteiger partial charge on any atom is 0.316 e. The van der Waals surface area contributed by atoms with Crippen LogP contribution >= 0.6 is 15.9 Å². The van der Waals surface area contributed by atoms with Crippen molar-refractivity contribution in [2.24, 2.45) is 22.7 Å². The summed E-state index contributed by atoms with van der Waals surface area (Å²) >= 11 is 3.53. The number of halogens is 1. The maximum atomic E-state index is 13.1. The molecule has 2 aliphatic carbocycles. The smallest absolute Gasteiger partial charge is 0.316 e. The highest BCUT2D eigenvalue weighted by Crippen LogP contribution is 2.63. The van der Waals surface area contributed by atoms with Crippen LogP contribution in [-0.4, -0.2) is 16.9 Å². The molecule has 1 unspecified atom stereocenters. The molecule has 2 saturated carbocycles. The second-order valence-electron chi connectivity index (χ2n) is 8.74. The molecule has 0 aromatic carbocycles. The quantitative estimate of drug-likeness (QED) is 0.372. The lowest BCUT2D eigenvalue weighted by atomic mass is 9.63. The van der Waals surface area contributed by atoms with Gasteiger partial charge in [0.15, 0.2) is 0 Å². The summed E-state index contributed by atoms with van der Waals surface area (Å²) in [6.07, 6.45) is 5.60. The Labute approximate surface area is 144 Å². The molecular formula is C19H31BrO2. The van der Waals surface area contributed by atoms with Crippen molar-refractivity contribution in [3.63, 3.8) is 0 Å². The number of carbonyl (C=O) groups is 1. The van der Waals surface area contributed by atoms with Crippen LogP contribution in [0.4, 0.5) is 0 Å². The second kappa shape index (κ2) is 5.96. The monoisotopic (exact) mass is 370 g/mol. The molecule has 0 saturated heterocycles. The van der Waals surface area contributed by atoms with Crippen molar-refractivity contribution in [2.75, 3.05) is 5.33 Å². The molecule has 0 radical (unpaired) electrons. The van der Waals surface area contributed by atoms with E-state index in [9.17, 15) is 4.79 Å². The van der Waals surface area contributed by atoms with Crippen LogP contribution in [0, 0.1) is 22.7 Å². The Hall–Kier alpha value is -0.310. The number of carbonyl (C=O) groups excluding carboxylic acids is 1. The van der Waals surface area contributed by atoms with Crippen molar-refractivity contribution in [3.05, 3.63) is 12.2 Å². The predicted molar refractivity (Wildman–Crippen MR) is 95.1 cm³/mol. The third kappa shape index (κ3) is 3.02. The van der Waals surface area contributed by atoms with Gasteiger partial charge in [0.25, 0.3) is 0 Å². The van der Waals surface area contributed by atoms with E-state index in [-0.39, 0.29) is 11.4 Å². The highest BCUT2D eigenvalue weighted by atomic mass is 79.9. The summed E-state index contributed by atoms with van der Waals surface area (Å²) in [5.41, 5.74) is 0.274. The number of hydrogen-bond acceptors (Lipinski definition) is 2. The summed E-state index contributed by atoms with van der Waals surface area (Å²) in [4.78, 5) is 13.1. The molecule has 4 atom stereocenters. The number of ether oxygens (including phenoxy) is 1. The first-order valence-corrected chi connectivity index (χ1v) is 9.65. The summed E-state index contributed by atoms with van der Waals surface area (Å²) in [5, 5.41) is 0.670. The molecule has 2 aliphatic rings. The van der Waals surface area contributed by atoms with Crippen LogP contribution in [0.2, 0.25) is 0 Å². The second-order valence-corrected chi connectivity index (χ2v) is 9.30. The molecule has 0 aromatic heterocycles. The third-order valence-corrected chi connectivity index (χ3v) is 6.83. The number of rotatable bonds is 3. The van der Waals surface area contributed by atoms with Gasteiger partial charge in [0.2, 0.25) is 0 Å². The normalized spacial score (nSPS) is 38.5. The van der Waals surface area contributed by atoms with Crippen LogP contribution in [0.5, 0.6) is 0 Å². The van der Waals surface area contributed by atoms with Crippen molar-refractivity contribution in [2.45, 2.75) is 72.3 Å². The Kier molecular flexibility index (Phi) is 4.88. The SMILES string of the molecule is C=C(CBr)C1(C(=O)OC(C)(C)C)C[C@H]2CCC[C@H](C)[C@@]2(C)C1. The molecule has 22 heavy (non-hydrogen) atoms. The standard InChI is InChI=1S/C19H31BrO2/c1-13-8-7-9-15-10-19(14(2)11-20,12-18(13,15)6)16(21)22-17(3,4)5/h13,15H,2,7-12H2,1,3-6H3/t13-,15+,18+,19?/m0/s1. The molecule has 0 bridgehead atoms. The lowest BCUT2D eigenvalue weighted by molar-refractivity contribution is -0.165. The summed E-state index contributed by atoms with van der Waals surface area (Å²) in [5.74, 6) is 1.21. The van der Waals surface area contributed by atoms with E-state index in [1.54, 1.807) is 0 Å². The first-order valence-electron chi connectivity index (χ1n) is 8.53. The zero-order valence-electron chi connectivity index (χ0n) is 14.8. The van der Waals surface area contributed by atoms with Gasteiger partial charge in [0.05, 0.1) is 5.41 Å². The van der Waals surface area contributed by atoms with Gasteiger partial charge in [-0.3, -0.25) is 4.79 Å². The fourth-order valence-corrected chi connectivity index (χ4v) is 5.14. The highest BCUT2D eigenvalue weighted by Gasteiger charge is 2.60. The van der Waals surface area contributed by atoms with Crippen LogP contribution in [0.15, 0.2) is 12.2 Å². The van der Waals surface area contributed by atoms with Crippen LogP contribution in [-0.2, 0) is 9.53 Å². The number of fused-ring (bicyclic) bond motifs is 1. The minimum atomic E-state index is -0.505. The topological polar surface area (TPSA) is 26.3 Å². The van der Waals surface area contributed by atoms with Crippen molar-refractivity contribution >= 4 is 21.9 Å². The lowest BCUT2D eigenvalue weighted by Crippen LogP contribution is -2.39. The molecule has 3 heteroatoms. The van der Waals surface area contributed by atoms with Gasteiger partial charge in [-0.2, -0.15) is 0 Å². The van der Waals surface area contributed by atoms with E-state index in [1.807, 2.05) is 20.8 Å². The Balaban J connectivity index is 2.37. The summed E-state index contributed by atoms with van der Waals surface area (Å²) in [6, 6.07) is 0. The number of hydrogen-bond donors (Lipinski definition) is 0. The fraction of sp³-hybridized carbons (Fsp3) is 0.842. The molecular weight excluding hydrogens is 340 g/mol. The van der Waals surface area contributed by atoms with Gasteiger partial charge < -0.3 is 4.74 Å². The van der Waals surface area contributed by atoms with Crippen molar-refractivity contribution in [1.82, 2.24) is 0 Å². The Morgan fingerprint density at radius 2 is 2.00 bits per heavy atom. The minimum absolute atomic E-state index is 0.0627. The van der Waals surface area contributed by atoms with Gasteiger partial charge in [-0.25, -0.2) is 0 Å². The van der Waals surface area contributed by atoms with Gasteiger partial charge in [-0.15, -0.1) is 0 Å². The van der Waals surface area contributed by atoms with Gasteiger partial charge in [0, 0.05) is 5.33 Å². The Bertz CT molecular complexity index is 465. The molecule has 0 amide bonds. The molecule has 126 valence electrons. The Morgan fingerprint density at radius 3 is 2.50 bits per heavy atom. The van der Waals surface area contributed by atoms with E-state index in [0.29, 0.717) is 17.2 Å². The predicted octanol–water partition coefficient (Wildman–Crippen LogP) is 5.50. The van der Waals surface area contributed by atoms with Crippen molar-refractivity contribution < 1.29 is 9.53 Å². The largest absolute Gasteiger partial charge is 0.459 e. The van der Waals surface area contributed by atoms with E-state index < -0.39 is 11.0 Å². The van der Waals surface area contributed by atoms with E-state index in [4.69, 9.17) is 4.74 Å². The fourth-order valence-electron chi connectivity index (χ4n) is 4.60. The van der Waals surface area contributed by atoms with Gasteiger partial charge in [-0.05, 0) is 62.9 Å². The van der Waals surface area contributed by atoms with Crippen LogP contribution in [0.3, 0.4) is 0 Å². The summed E-state index contributed by atoms with van der Waals surface area (Å²) < 4.78 is 5.81. The van der Waals surface area contributed by atoms with E-state index in [0.717, 1.165) is 18.4 Å². The average molecular weight is 371 g/mol. The van der Waals surface area contributed by atoms with Crippen LogP contribution in [0.1, 0.15) is 66.7 Å². The molecule has 0 heterocycles.